The summed E-state index contributed by atoms with van der Waals surface area (Å²) >= 11 is 0. The van der Waals surface area contributed by atoms with Crippen LogP contribution in [0.3, 0.4) is 0 Å². The SMILES string of the molecule is CN(C)C(=O)N[C@@H]1CCN(c2n[nH]c3nccc(-c4ccc(CNC(=O)c5cc(C(C)(C)O)on5)c(F)c4)c23)C1. The first-order chi connectivity index (χ1) is 19.0. The molecule has 0 bridgehead atoms. The molecule has 4 heterocycles. The van der Waals surface area contributed by atoms with E-state index in [1.165, 1.54) is 30.9 Å². The van der Waals surface area contributed by atoms with E-state index in [1.807, 2.05) is 6.07 Å². The lowest BCUT2D eigenvalue weighted by Gasteiger charge is -2.19. The number of aromatic nitrogens is 4. The van der Waals surface area contributed by atoms with E-state index in [1.54, 1.807) is 32.4 Å². The molecule has 0 spiro atoms. The highest BCUT2D eigenvalue weighted by molar-refractivity contribution is 6.00. The zero-order valence-corrected chi connectivity index (χ0v) is 22.7. The van der Waals surface area contributed by atoms with Crippen LogP contribution in [0.2, 0.25) is 0 Å². The third-order valence-corrected chi connectivity index (χ3v) is 6.81. The lowest BCUT2D eigenvalue weighted by molar-refractivity contribution is 0.0474. The van der Waals surface area contributed by atoms with Gasteiger partial charge in [0.2, 0.25) is 0 Å². The van der Waals surface area contributed by atoms with Crippen molar-refractivity contribution in [1.82, 2.24) is 35.9 Å². The highest BCUT2D eigenvalue weighted by Gasteiger charge is 2.28. The molecule has 1 aliphatic rings. The summed E-state index contributed by atoms with van der Waals surface area (Å²) in [6, 6.07) is 7.81. The number of aliphatic hydroxyl groups is 1. The smallest absolute Gasteiger partial charge is 0.317 e. The number of pyridine rings is 1. The Hall–Kier alpha value is -4.52. The summed E-state index contributed by atoms with van der Waals surface area (Å²) in [7, 11) is 3.40. The second-order valence-electron chi connectivity index (χ2n) is 10.5. The van der Waals surface area contributed by atoms with Gasteiger partial charge < -0.3 is 30.1 Å². The number of fused-ring (bicyclic) bond motifs is 1. The van der Waals surface area contributed by atoms with Crippen molar-refractivity contribution in [1.29, 1.82) is 0 Å². The van der Waals surface area contributed by atoms with Crippen molar-refractivity contribution in [2.75, 3.05) is 32.1 Å². The van der Waals surface area contributed by atoms with Crippen LogP contribution in [-0.4, -0.2) is 75.5 Å². The summed E-state index contributed by atoms with van der Waals surface area (Å²) in [5.74, 6) is -0.196. The minimum atomic E-state index is -1.28. The van der Waals surface area contributed by atoms with Crippen LogP contribution in [0.5, 0.6) is 0 Å². The number of H-pyrrole nitrogens is 1. The standard InChI is InChI=1S/C27H31FN8O4/c1-27(2,39)21-12-20(34-40-21)25(37)30-13-16-6-5-15(11-19(16)28)18-7-9-29-23-22(18)24(33-32-23)36-10-8-17(14-36)31-26(38)35(3)4/h5-7,9,11-12,17,39H,8,10,13-14H2,1-4H3,(H,30,37)(H,31,38)(H,29,32,33)/t17-/m1/s1. The van der Waals surface area contributed by atoms with Gasteiger partial charge in [-0.1, -0.05) is 17.3 Å². The first-order valence-electron chi connectivity index (χ1n) is 12.8. The van der Waals surface area contributed by atoms with Crippen molar-refractivity contribution in [2.24, 2.45) is 0 Å². The van der Waals surface area contributed by atoms with Gasteiger partial charge in [-0.05, 0) is 43.5 Å². The van der Waals surface area contributed by atoms with Crippen LogP contribution in [0, 0.1) is 5.82 Å². The first-order valence-corrected chi connectivity index (χ1v) is 12.8. The maximum atomic E-state index is 15.2. The van der Waals surface area contributed by atoms with Crippen LogP contribution in [0.25, 0.3) is 22.2 Å². The summed E-state index contributed by atoms with van der Waals surface area (Å²) in [5.41, 5.74) is 0.963. The molecule has 4 aromatic rings. The van der Waals surface area contributed by atoms with Crippen molar-refractivity contribution in [3.05, 3.63) is 59.4 Å². The molecule has 0 unspecified atom stereocenters. The molecule has 0 saturated carbocycles. The number of urea groups is 1. The van der Waals surface area contributed by atoms with Gasteiger partial charge in [0.25, 0.3) is 5.91 Å². The molecule has 40 heavy (non-hydrogen) atoms. The molecule has 1 fully saturated rings. The minimum Gasteiger partial charge on any atom is -0.382 e. The Balaban J connectivity index is 1.33. The summed E-state index contributed by atoms with van der Waals surface area (Å²) in [6.45, 7) is 4.25. The number of rotatable bonds is 7. The van der Waals surface area contributed by atoms with Crippen LogP contribution in [0.1, 0.15) is 42.1 Å². The molecule has 1 aliphatic heterocycles. The number of hydrogen-bond acceptors (Lipinski definition) is 8. The molecular formula is C27H31FN8O4. The quantitative estimate of drug-likeness (QED) is 0.274. The molecule has 1 saturated heterocycles. The average molecular weight is 551 g/mol. The molecule has 3 amide bonds. The number of nitrogens with one attached hydrogen (secondary N) is 3. The number of amides is 3. The monoisotopic (exact) mass is 550 g/mol. The second-order valence-corrected chi connectivity index (χ2v) is 10.5. The van der Waals surface area contributed by atoms with E-state index in [9.17, 15) is 14.7 Å². The van der Waals surface area contributed by atoms with Crippen molar-refractivity contribution in [3.63, 3.8) is 0 Å². The van der Waals surface area contributed by atoms with Crippen LogP contribution < -0.4 is 15.5 Å². The fourth-order valence-electron chi connectivity index (χ4n) is 4.57. The third kappa shape index (κ3) is 5.45. The van der Waals surface area contributed by atoms with Gasteiger partial charge in [0.05, 0.1) is 5.39 Å². The van der Waals surface area contributed by atoms with Crippen molar-refractivity contribution in [3.8, 4) is 11.1 Å². The molecule has 4 N–H and O–H groups in total. The molecule has 0 aliphatic carbocycles. The number of anilines is 1. The Labute approximate surface area is 229 Å². The van der Waals surface area contributed by atoms with E-state index in [0.29, 0.717) is 35.7 Å². The maximum absolute atomic E-state index is 15.2. The molecular weight excluding hydrogens is 519 g/mol. The van der Waals surface area contributed by atoms with Crippen LogP contribution in [-0.2, 0) is 12.1 Å². The fourth-order valence-corrected chi connectivity index (χ4v) is 4.57. The van der Waals surface area contributed by atoms with Gasteiger partial charge in [0, 0.05) is 57.6 Å². The minimum absolute atomic E-state index is 0.00810. The fraction of sp³-hybridized carbons (Fsp3) is 0.370. The Kier molecular flexibility index (Phi) is 7.15. The number of benzene rings is 1. The van der Waals surface area contributed by atoms with Gasteiger partial charge in [0.1, 0.15) is 11.4 Å². The Morgan fingerprint density at radius 2 is 2.08 bits per heavy atom. The van der Waals surface area contributed by atoms with E-state index in [0.717, 1.165) is 17.4 Å². The van der Waals surface area contributed by atoms with Gasteiger partial charge in [0.15, 0.2) is 22.9 Å². The number of carbonyl (C=O) groups is 2. The average Bonchev–Trinajstić information content (AvgIpc) is 3.66. The van der Waals surface area contributed by atoms with Crippen LogP contribution >= 0.6 is 0 Å². The first kappa shape index (κ1) is 27.1. The zero-order valence-electron chi connectivity index (χ0n) is 22.7. The Morgan fingerprint density at radius 3 is 2.77 bits per heavy atom. The predicted molar refractivity (Wildman–Crippen MR) is 145 cm³/mol. The summed E-state index contributed by atoms with van der Waals surface area (Å²) in [5, 5.41) is 27.5. The van der Waals surface area contributed by atoms with Gasteiger partial charge in [-0.3, -0.25) is 9.89 Å². The molecule has 0 radical (unpaired) electrons. The summed E-state index contributed by atoms with van der Waals surface area (Å²) in [6.07, 6.45) is 2.40. The van der Waals surface area contributed by atoms with Gasteiger partial charge >= 0.3 is 6.03 Å². The lowest BCUT2D eigenvalue weighted by Crippen LogP contribution is -2.42. The van der Waals surface area contributed by atoms with E-state index < -0.39 is 17.3 Å². The number of carbonyl (C=O) groups excluding carboxylic acids is 2. The molecule has 12 nitrogen and oxygen atoms in total. The molecule has 5 rings (SSSR count). The molecule has 3 aromatic heterocycles. The van der Waals surface area contributed by atoms with Gasteiger partial charge in [-0.25, -0.2) is 14.2 Å². The van der Waals surface area contributed by atoms with Crippen molar-refractivity contribution < 1.29 is 23.6 Å². The number of hydrogen-bond donors (Lipinski definition) is 4. The largest absolute Gasteiger partial charge is 0.382 e. The van der Waals surface area contributed by atoms with Crippen molar-refractivity contribution in [2.45, 2.75) is 38.5 Å². The van der Waals surface area contributed by atoms with Gasteiger partial charge in [-0.15, -0.1) is 0 Å². The molecule has 210 valence electrons. The predicted octanol–water partition coefficient (Wildman–Crippen LogP) is 2.76. The number of halogens is 1. The lowest BCUT2D eigenvalue weighted by atomic mass is 10.0. The van der Waals surface area contributed by atoms with E-state index in [4.69, 9.17) is 4.52 Å². The van der Waals surface area contributed by atoms with Crippen LogP contribution in [0.4, 0.5) is 15.0 Å². The number of nitrogens with zero attached hydrogens (tertiary/aromatic N) is 5. The molecule has 1 aromatic carbocycles. The second kappa shape index (κ2) is 10.6. The van der Waals surface area contributed by atoms with Crippen molar-refractivity contribution >= 4 is 28.8 Å². The van der Waals surface area contributed by atoms with E-state index in [2.05, 4.69) is 35.9 Å². The normalized spacial score (nSPS) is 15.4. The third-order valence-electron chi connectivity index (χ3n) is 6.81. The summed E-state index contributed by atoms with van der Waals surface area (Å²) < 4.78 is 20.2. The van der Waals surface area contributed by atoms with Crippen LogP contribution in [0.15, 0.2) is 41.1 Å². The van der Waals surface area contributed by atoms with E-state index >= 15 is 4.39 Å². The highest BCUT2D eigenvalue weighted by Crippen LogP contribution is 2.35. The Bertz CT molecular complexity index is 1560. The van der Waals surface area contributed by atoms with E-state index in [-0.39, 0.29) is 30.1 Å². The zero-order chi connectivity index (χ0) is 28.6. The molecule has 1 atom stereocenters. The maximum Gasteiger partial charge on any atom is 0.317 e. The molecule has 13 heteroatoms. The van der Waals surface area contributed by atoms with Gasteiger partial charge in [-0.2, -0.15) is 5.10 Å². The highest BCUT2D eigenvalue weighted by atomic mass is 19.1. The number of aromatic amines is 1. The Morgan fingerprint density at radius 1 is 1.27 bits per heavy atom. The summed E-state index contributed by atoms with van der Waals surface area (Å²) in [4.78, 5) is 32.5. The topological polar surface area (TPSA) is 153 Å².